The van der Waals surface area contributed by atoms with Gasteiger partial charge in [0, 0.05) is 17.3 Å². The molecule has 1 aliphatic carbocycles. The lowest BCUT2D eigenvalue weighted by Gasteiger charge is -2.12. The summed E-state index contributed by atoms with van der Waals surface area (Å²) in [6.07, 6.45) is 2.85. The first-order valence-corrected chi connectivity index (χ1v) is 6.60. The highest BCUT2D eigenvalue weighted by atomic mass is 19.1. The highest BCUT2D eigenvalue weighted by molar-refractivity contribution is 5.35. The van der Waals surface area contributed by atoms with Crippen molar-refractivity contribution in [3.8, 4) is 6.07 Å². The van der Waals surface area contributed by atoms with Crippen LogP contribution in [0.1, 0.15) is 28.8 Å². The molecule has 1 aliphatic rings. The van der Waals surface area contributed by atoms with Gasteiger partial charge in [-0.1, -0.05) is 18.2 Å². The van der Waals surface area contributed by atoms with Gasteiger partial charge in [-0.15, -0.1) is 0 Å². The van der Waals surface area contributed by atoms with Gasteiger partial charge in [0.05, 0.1) is 12.1 Å². The summed E-state index contributed by atoms with van der Waals surface area (Å²) >= 11 is 0. The molecule has 3 rings (SSSR count). The van der Waals surface area contributed by atoms with Crippen LogP contribution < -0.4 is 5.56 Å². The number of hydrogen-bond acceptors (Lipinski definition) is 2. The summed E-state index contributed by atoms with van der Waals surface area (Å²) in [5, 5.41) is 8.86. The summed E-state index contributed by atoms with van der Waals surface area (Å²) in [7, 11) is 0. The fourth-order valence-corrected chi connectivity index (χ4v) is 2.77. The molecule has 0 unspecified atom stereocenters. The SMILES string of the molecule is N#Cc1cccc(Cn2c3c(ccc2=O)CCC3)c1F. The molecular formula is C16H13FN2O. The Bertz CT molecular complexity index is 771. The molecule has 0 atom stereocenters. The summed E-state index contributed by atoms with van der Waals surface area (Å²) in [6, 6.07) is 9.94. The van der Waals surface area contributed by atoms with Crippen molar-refractivity contribution < 1.29 is 4.39 Å². The van der Waals surface area contributed by atoms with Crippen LogP contribution in [0.2, 0.25) is 0 Å². The Morgan fingerprint density at radius 3 is 2.90 bits per heavy atom. The van der Waals surface area contributed by atoms with Gasteiger partial charge in [-0.25, -0.2) is 4.39 Å². The number of nitrogens with zero attached hydrogens (tertiary/aromatic N) is 2. The van der Waals surface area contributed by atoms with E-state index in [9.17, 15) is 9.18 Å². The highest BCUT2D eigenvalue weighted by Crippen LogP contribution is 2.21. The van der Waals surface area contributed by atoms with Gasteiger partial charge in [0.1, 0.15) is 11.9 Å². The summed E-state index contributed by atoms with van der Waals surface area (Å²) < 4.78 is 15.7. The Balaban J connectivity index is 2.08. The summed E-state index contributed by atoms with van der Waals surface area (Å²) in [6.45, 7) is 0.184. The lowest BCUT2D eigenvalue weighted by atomic mass is 10.1. The second-order valence-corrected chi connectivity index (χ2v) is 4.97. The van der Waals surface area contributed by atoms with E-state index < -0.39 is 5.82 Å². The number of benzene rings is 1. The van der Waals surface area contributed by atoms with E-state index in [4.69, 9.17) is 5.26 Å². The van der Waals surface area contributed by atoms with Crippen molar-refractivity contribution in [1.82, 2.24) is 4.57 Å². The molecule has 1 aromatic heterocycles. The molecule has 1 aromatic carbocycles. The molecule has 4 heteroatoms. The fraction of sp³-hybridized carbons (Fsp3) is 0.250. The number of aryl methyl sites for hydroxylation is 1. The number of fused-ring (bicyclic) bond motifs is 1. The standard InChI is InChI=1S/C16H13FN2O/c17-16-12(9-18)4-1-5-13(16)10-19-14-6-2-3-11(14)7-8-15(19)20/h1,4-5,7-8H,2-3,6,10H2. The van der Waals surface area contributed by atoms with Crippen molar-refractivity contribution in [3.63, 3.8) is 0 Å². The van der Waals surface area contributed by atoms with E-state index in [0.29, 0.717) is 5.56 Å². The van der Waals surface area contributed by atoms with Crippen molar-refractivity contribution in [3.05, 3.63) is 68.9 Å². The Labute approximate surface area is 115 Å². The molecule has 3 nitrogen and oxygen atoms in total. The quantitative estimate of drug-likeness (QED) is 0.839. The van der Waals surface area contributed by atoms with Gasteiger partial charge in [-0.05, 0) is 30.9 Å². The minimum atomic E-state index is -0.530. The Morgan fingerprint density at radius 2 is 2.10 bits per heavy atom. The van der Waals surface area contributed by atoms with Crippen molar-refractivity contribution >= 4 is 0 Å². The van der Waals surface area contributed by atoms with Crippen LogP contribution in [0.4, 0.5) is 4.39 Å². The average molecular weight is 268 g/mol. The molecule has 0 aliphatic heterocycles. The second kappa shape index (κ2) is 4.93. The molecule has 0 radical (unpaired) electrons. The topological polar surface area (TPSA) is 45.8 Å². The lowest BCUT2D eigenvalue weighted by molar-refractivity contribution is 0.588. The third-order valence-electron chi connectivity index (χ3n) is 3.78. The van der Waals surface area contributed by atoms with E-state index in [2.05, 4.69) is 0 Å². The number of pyridine rings is 1. The first kappa shape index (κ1) is 12.6. The van der Waals surface area contributed by atoms with Crippen LogP contribution in [0, 0.1) is 17.1 Å². The van der Waals surface area contributed by atoms with Gasteiger partial charge in [0.2, 0.25) is 0 Å². The minimum Gasteiger partial charge on any atom is -0.308 e. The zero-order valence-electron chi connectivity index (χ0n) is 10.9. The molecule has 100 valence electrons. The number of hydrogen-bond donors (Lipinski definition) is 0. The molecule has 0 saturated heterocycles. The molecule has 0 fully saturated rings. The van der Waals surface area contributed by atoms with Gasteiger partial charge in [-0.3, -0.25) is 4.79 Å². The highest BCUT2D eigenvalue weighted by Gasteiger charge is 2.17. The average Bonchev–Trinajstić information content (AvgIpc) is 2.92. The minimum absolute atomic E-state index is 0.0168. The van der Waals surface area contributed by atoms with E-state index in [1.807, 2.05) is 12.1 Å². The van der Waals surface area contributed by atoms with E-state index in [1.165, 1.54) is 17.7 Å². The van der Waals surface area contributed by atoms with Gasteiger partial charge in [0.25, 0.3) is 5.56 Å². The van der Waals surface area contributed by atoms with E-state index in [1.54, 1.807) is 16.7 Å². The first-order chi connectivity index (χ1) is 9.70. The molecule has 0 N–H and O–H groups in total. The van der Waals surface area contributed by atoms with Gasteiger partial charge >= 0.3 is 0 Å². The monoisotopic (exact) mass is 268 g/mol. The lowest BCUT2D eigenvalue weighted by Crippen LogP contribution is -2.23. The predicted molar refractivity (Wildman–Crippen MR) is 72.9 cm³/mol. The van der Waals surface area contributed by atoms with Crippen LogP contribution in [-0.4, -0.2) is 4.57 Å². The Kier molecular flexibility index (Phi) is 3.11. The van der Waals surface area contributed by atoms with Gasteiger partial charge in [-0.2, -0.15) is 5.26 Å². The van der Waals surface area contributed by atoms with Crippen molar-refractivity contribution in [2.45, 2.75) is 25.8 Å². The zero-order chi connectivity index (χ0) is 14.1. The predicted octanol–water partition coefficient (Wildman–Crippen LogP) is 2.40. The Morgan fingerprint density at radius 1 is 1.25 bits per heavy atom. The number of rotatable bonds is 2. The molecule has 0 amide bonds. The van der Waals surface area contributed by atoms with Crippen LogP contribution in [0.3, 0.4) is 0 Å². The van der Waals surface area contributed by atoms with Gasteiger partial charge < -0.3 is 4.57 Å². The molecular weight excluding hydrogens is 255 g/mol. The normalized spacial score (nSPS) is 13.0. The van der Waals surface area contributed by atoms with Crippen LogP contribution in [-0.2, 0) is 19.4 Å². The molecule has 0 saturated carbocycles. The van der Waals surface area contributed by atoms with E-state index >= 15 is 0 Å². The van der Waals surface area contributed by atoms with Crippen molar-refractivity contribution in [2.75, 3.05) is 0 Å². The summed E-state index contributed by atoms with van der Waals surface area (Å²) in [5.74, 6) is -0.530. The third kappa shape index (κ3) is 2.01. The maximum absolute atomic E-state index is 14.1. The maximum Gasteiger partial charge on any atom is 0.251 e. The molecule has 20 heavy (non-hydrogen) atoms. The van der Waals surface area contributed by atoms with E-state index in [0.717, 1.165) is 25.0 Å². The Hall–Kier alpha value is -2.41. The van der Waals surface area contributed by atoms with Crippen molar-refractivity contribution in [2.24, 2.45) is 0 Å². The number of aromatic nitrogens is 1. The fourth-order valence-electron chi connectivity index (χ4n) is 2.77. The number of halogens is 1. The molecule has 2 aromatic rings. The molecule has 1 heterocycles. The van der Waals surface area contributed by atoms with Gasteiger partial charge in [0.15, 0.2) is 0 Å². The van der Waals surface area contributed by atoms with Crippen molar-refractivity contribution in [1.29, 1.82) is 5.26 Å². The summed E-state index contributed by atoms with van der Waals surface area (Å²) in [5.41, 5.74) is 2.45. The first-order valence-electron chi connectivity index (χ1n) is 6.60. The number of nitriles is 1. The maximum atomic E-state index is 14.1. The van der Waals surface area contributed by atoms with Crippen LogP contribution in [0.25, 0.3) is 0 Å². The second-order valence-electron chi connectivity index (χ2n) is 4.97. The van der Waals surface area contributed by atoms with Crippen LogP contribution >= 0.6 is 0 Å². The van der Waals surface area contributed by atoms with E-state index in [-0.39, 0.29) is 17.7 Å². The zero-order valence-corrected chi connectivity index (χ0v) is 10.9. The molecule has 0 spiro atoms. The largest absolute Gasteiger partial charge is 0.308 e. The smallest absolute Gasteiger partial charge is 0.251 e. The van der Waals surface area contributed by atoms with Crippen LogP contribution in [0.15, 0.2) is 35.1 Å². The molecule has 0 bridgehead atoms. The summed E-state index contributed by atoms with van der Waals surface area (Å²) in [4.78, 5) is 12.0. The van der Waals surface area contributed by atoms with Crippen LogP contribution in [0.5, 0.6) is 0 Å². The third-order valence-corrected chi connectivity index (χ3v) is 3.78.